The summed E-state index contributed by atoms with van der Waals surface area (Å²) in [4.78, 5) is 0. The highest BCUT2D eigenvalue weighted by Crippen LogP contribution is 2.54. The Kier molecular flexibility index (Phi) is 7.80. The molecule has 6 rings (SSSR count). The highest BCUT2D eigenvalue weighted by molar-refractivity contribution is 6.96. The Morgan fingerprint density at radius 3 is 1.67 bits per heavy atom. The minimum absolute atomic E-state index is 0.154. The second-order valence-corrected chi connectivity index (χ2v) is 21.1. The molecule has 1 unspecified atom stereocenters. The Labute approximate surface area is 274 Å². The maximum absolute atomic E-state index is 2.65. The van der Waals surface area contributed by atoms with Crippen molar-refractivity contribution < 1.29 is 0 Å². The van der Waals surface area contributed by atoms with Crippen LogP contribution in [0, 0.1) is 5.92 Å². The topological polar surface area (TPSA) is 0 Å². The van der Waals surface area contributed by atoms with Crippen LogP contribution in [0.4, 0.5) is 0 Å². The summed E-state index contributed by atoms with van der Waals surface area (Å²) in [5.74, 6) is 0.500. The van der Waals surface area contributed by atoms with Gasteiger partial charge in [-0.1, -0.05) is 176 Å². The first-order valence-corrected chi connectivity index (χ1v) is 20.1. The van der Waals surface area contributed by atoms with Crippen molar-refractivity contribution in [3.8, 4) is 22.3 Å². The molecule has 0 spiro atoms. The highest BCUT2D eigenvalue weighted by Gasteiger charge is 2.46. The molecule has 2 aliphatic carbocycles. The van der Waals surface area contributed by atoms with Gasteiger partial charge in [0, 0.05) is 5.54 Å². The molecule has 1 atom stereocenters. The van der Waals surface area contributed by atoms with Gasteiger partial charge < -0.3 is 0 Å². The molecule has 0 saturated carbocycles. The summed E-state index contributed by atoms with van der Waals surface area (Å²) in [6.45, 7) is 26.3. The normalized spacial score (nSPS) is 16.7. The molecule has 0 nitrogen and oxygen atoms in total. The standard InChI is InChI=1S/C44H52Si/c1-28(2)38-27-40-35(31-20-24-33(25-21-31)44(7,8)9)15-13-17-37(40)42(38)45(10,11)41-29(3)26-39-34(14-12-16-36(39)41)30-18-22-32(23-19-30)43(4,5)6/h12-25,27-28,42H,26H2,1-11H3. The van der Waals surface area contributed by atoms with E-state index in [4.69, 9.17) is 0 Å². The maximum atomic E-state index is 2.65. The summed E-state index contributed by atoms with van der Waals surface area (Å²) < 4.78 is 0. The molecule has 4 aromatic carbocycles. The van der Waals surface area contributed by atoms with E-state index < -0.39 is 8.07 Å². The van der Waals surface area contributed by atoms with Gasteiger partial charge in [-0.25, -0.2) is 0 Å². The first-order valence-electron chi connectivity index (χ1n) is 17.0. The number of hydrogen-bond donors (Lipinski definition) is 0. The van der Waals surface area contributed by atoms with Gasteiger partial charge in [-0.05, 0) is 85.7 Å². The molecule has 0 N–H and O–H groups in total. The average molecular weight is 609 g/mol. The van der Waals surface area contributed by atoms with Gasteiger partial charge in [0.1, 0.15) is 0 Å². The van der Waals surface area contributed by atoms with Gasteiger partial charge in [0.2, 0.25) is 0 Å². The second kappa shape index (κ2) is 11.1. The van der Waals surface area contributed by atoms with Crippen LogP contribution in [0.2, 0.25) is 13.1 Å². The molecule has 1 heteroatoms. The fraction of sp³-hybridized carbons (Fsp3) is 0.364. The lowest BCUT2D eigenvalue weighted by Crippen LogP contribution is -2.38. The van der Waals surface area contributed by atoms with Crippen molar-refractivity contribution in [2.45, 2.75) is 98.2 Å². The lowest BCUT2D eigenvalue weighted by atomic mass is 9.85. The Balaban J connectivity index is 1.43. The second-order valence-electron chi connectivity index (χ2n) is 16.6. The van der Waals surface area contributed by atoms with Gasteiger partial charge in [0.25, 0.3) is 0 Å². The van der Waals surface area contributed by atoms with Crippen molar-refractivity contribution in [1.82, 2.24) is 0 Å². The van der Waals surface area contributed by atoms with Crippen LogP contribution in [-0.4, -0.2) is 8.07 Å². The Morgan fingerprint density at radius 2 is 1.13 bits per heavy atom. The van der Waals surface area contributed by atoms with Crippen LogP contribution < -0.4 is 0 Å². The molecular weight excluding hydrogens is 557 g/mol. The van der Waals surface area contributed by atoms with Gasteiger partial charge in [0.15, 0.2) is 0 Å². The monoisotopic (exact) mass is 608 g/mol. The van der Waals surface area contributed by atoms with Gasteiger partial charge in [-0.15, -0.1) is 0 Å². The summed E-state index contributed by atoms with van der Waals surface area (Å²) in [6, 6.07) is 32.8. The maximum Gasteiger partial charge on any atom is 0.0930 e. The number of benzene rings is 4. The summed E-state index contributed by atoms with van der Waals surface area (Å²) in [5.41, 5.74) is 18.2. The van der Waals surface area contributed by atoms with Gasteiger partial charge in [-0.3, -0.25) is 0 Å². The van der Waals surface area contributed by atoms with Crippen LogP contribution in [-0.2, 0) is 17.3 Å². The molecule has 45 heavy (non-hydrogen) atoms. The quantitative estimate of drug-likeness (QED) is 0.198. The van der Waals surface area contributed by atoms with Crippen molar-refractivity contribution in [2.24, 2.45) is 5.92 Å². The van der Waals surface area contributed by atoms with Crippen molar-refractivity contribution in [3.05, 3.63) is 129 Å². The molecule has 232 valence electrons. The highest BCUT2D eigenvalue weighted by atomic mass is 28.3. The lowest BCUT2D eigenvalue weighted by Gasteiger charge is -2.37. The van der Waals surface area contributed by atoms with Crippen molar-refractivity contribution in [2.75, 3.05) is 0 Å². The predicted octanol–water partition coefficient (Wildman–Crippen LogP) is 12.6. The number of allylic oxidation sites excluding steroid dienone is 2. The minimum atomic E-state index is -2.03. The zero-order chi connectivity index (χ0) is 32.5. The minimum Gasteiger partial charge on any atom is -0.0690 e. The third kappa shape index (κ3) is 5.52. The van der Waals surface area contributed by atoms with E-state index in [1.807, 2.05) is 0 Å². The predicted molar refractivity (Wildman–Crippen MR) is 200 cm³/mol. The lowest BCUT2D eigenvalue weighted by molar-refractivity contribution is 0.590. The Morgan fingerprint density at radius 1 is 0.644 bits per heavy atom. The third-order valence-electron chi connectivity index (χ3n) is 10.6. The van der Waals surface area contributed by atoms with E-state index >= 15 is 0 Å². The molecule has 0 aliphatic heterocycles. The van der Waals surface area contributed by atoms with Crippen molar-refractivity contribution >= 4 is 19.3 Å². The molecular formula is C44H52Si. The number of hydrogen-bond acceptors (Lipinski definition) is 0. The fourth-order valence-electron chi connectivity index (χ4n) is 8.19. The fourth-order valence-corrected chi connectivity index (χ4v) is 12.9. The van der Waals surface area contributed by atoms with Gasteiger partial charge in [-0.2, -0.15) is 0 Å². The Bertz CT molecular complexity index is 1810. The Hall–Kier alpha value is -3.42. The summed E-state index contributed by atoms with van der Waals surface area (Å²) in [6.07, 6.45) is 3.63. The van der Waals surface area contributed by atoms with Crippen LogP contribution in [0.25, 0.3) is 33.5 Å². The zero-order valence-corrected chi connectivity index (χ0v) is 30.5. The van der Waals surface area contributed by atoms with Crippen molar-refractivity contribution in [1.29, 1.82) is 0 Å². The van der Waals surface area contributed by atoms with Gasteiger partial charge in [0.05, 0.1) is 8.07 Å². The molecule has 0 amide bonds. The van der Waals surface area contributed by atoms with E-state index in [1.54, 1.807) is 16.3 Å². The van der Waals surface area contributed by atoms with E-state index in [-0.39, 0.29) is 10.8 Å². The first-order chi connectivity index (χ1) is 21.1. The van der Waals surface area contributed by atoms with E-state index in [2.05, 4.69) is 166 Å². The molecule has 4 aromatic rings. The molecule has 2 aliphatic rings. The third-order valence-corrected chi connectivity index (χ3v) is 14.6. The molecule has 0 fully saturated rings. The molecule has 0 heterocycles. The summed E-state index contributed by atoms with van der Waals surface area (Å²) >= 11 is 0. The smallest absolute Gasteiger partial charge is 0.0690 e. The molecule has 0 saturated heterocycles. The van der Waals surface area contributed by atoms with E-state index in [0.717, 1.165) is 6.42 Å². The number of fused-ring (bicyclic) bond motifs is 2. The molecule has 0 bridgehead atoms. The van der Waals surface area contributed by atoms with Crippen molar-refractivity contribution in [3.63, 3.8) is 0 Å². The van der Waals surface area contributed by atoms with Crippen LogP contribution in [0.5, 0.6) is 0 Å². The molecule has 0 radical (unpaired) electrons. The first kappa shape index (κ1) is 31.6. The number of rotatable bonds is 5. The summed E-state index contributed by atoms with van der Waals surface area (Å²) in [7, 11) is -2.03. The molecule has 0 aromatic heterocycles. The van der Waals surface area contributed by atoms with Crippen LogP contribution in [0.15, 0.2) is 96.1 Å². The zero-order valence-electron chi connectivity index (χ0n) is 29.5. The van der Waals surface area contributed by atoms with Gasteiger partial charge >= 0.3 is 0 Å². The largest absolute Gasteiger partial charge is 0.0930 e. The van der Waals surface area contributed by atoms with Crippen LogP contribution >= 0.6 is 0 Å². The van der Waals surface area contributed by atoms with Crippen LogP contribution in [0.3, 0.4) is 0 Å². The van der Waals surface area contributed by atoms with Crippen LogP contribution in [0.1, 0.15) is 101 Å². The summed E-state index contributed by atoms with van der Waals surface area (Å²) in [5, 5.41) is 1.68. The van der Waals surface area contributed by atoms with E-state index in [0.29, 0.717) is 11.5 Å². The van der Waals surface area contributed by atoms with E-state index in [1.165, 1.54) is 55.6 Å². The average Bonchev–Trinajstić information content (AvgIpc) is 3.55. The van der Waals surface area contributed by atoms with E-state index in [9.17, 15) is 0 Å². The SMILES string of the molecule is CC1=C([Si](C)(C)C2C(C(C)C)=Cc3c(-c4ccc(C(C)(C)C)cc4)cccc32)c2cccc(-c3ccc(C(C)(C)C)cc3)c2C1.